The molecule has 21 heteroatoms. The Balaban J connectivity index is 0.000000416. The Hall–Kier alpha value is 2.31. The molecule has 4 aliphatic heterocycles. The molecule has 0 unspecified atom stereocenters. The second kappa shape index (κ2) is 25.5. The molecule has 4 aliphatic rings. The second-order valence-corrected chi connectivity index (χ2v) is 125. The van der Waals surface area contributed by atoms with E-state index in [4.69, 9.17) is 21.1 Å². The number of aliphatic carboxylic acids is 1. The molecule has 2 atom stereocenters. The summed E-state index contributed by atoms with van der Waals surface area (Å²) < 4.78 is 14.5. The number of cyclic esters (lactones) is 2. The number of esters is 1. The summed E-state index contributed by atoms with van der Waals surface area (Å²) in [4.78, 5) is 51.5. The quantitative estimate of drug-likeness (QED) is 0.192. The van der Waals surface area contributed by atoms with Crippen LogP contribution in [0.15, 0.2) is 18.2 Å². The van der Waals surface area contributed by atoms with Gasteiger partial charge in [0.1, 0.15) is 13.2 Å². The number of carbonyl (C=O) groups is 4. The van der Waals surface area contributed by atoms with Crippen LogP contribution in [0.5, 0.6) is 0 Å². The molecule has 286 valence electrons. The number of carboxylic acid groups (broad SMARTS) is 1. The molecule has 1 aromatic carbocycles. The zero-order chi connectivity index (χ0) is 34.7. The van der Waals surface area contributed by atoms with Crippen LogP contribution < -0.4 is 18.6 Å². The van der Waals surface area contributed by atoms with Crippen LogP contribution >= 0.6 is 114 Å². The molecular weight excluding hydrogens is 1480 g/mol. The first kappa shape index (κ1) is 49.3. The Kier molecular flexibility index (Phi) is 25.6. The molecule has 0 aliphatic carbocycles. The normalized spacial score (nSPS) is 21.9. The topological polar surface area (TPSA) is 138 Å². The summed E-state index contributed by atoms with van der Waals surface area (Å²) in [5.41, 5.74) is 2.27. The van der Waals surface area contributed by atoms with Gasteiger partial charge in [0.2, 0.25) is 0 Å². The molecule has 4 fully saturated rings. The van der Waals surface area contributed by atoms with E-state index >= 15 is 0 Å². The van der Waals surface area contributed by atoms with E-state index in [-0.39, 0.29) is 60.9 Å². The van der Waals surface area contributed by atoms with Crippen molar-refractivity contribution < 1.29 is 51.8 Å². The summed E-state index contributed by atoms with van der Waals surface area (Å²) in [6.07, 6.45) is 2.30. The van der Waals surface area contributed by atoms with E-state index in [0.29, 0.717) is 13.3 Å². The molecule has 4 heterocycles. The number of hydrogen-bond donors (Lipinski definition) is 2. The van der Waals surface area contributed by atoms with E-state index in [1.165, 1.54) is 22.5 Å². The number of piperidine rings is 2. The van der Waals surface area contributed by atoms with E-state index < -0.39 is 36.2 Å². The molecule has 0 aromatic heterocycles. The number of nitrogens with one attached hydrogen (secondary N) is 1. The Morgan fingerprint density at radius 3 is 2.02 bits per heavy atom. The Bertz CT molecular complexity index is 1230. The molecule has 0 radical (unpaired) electrons. The number of benzene rings is 1. The first-order valence-electron chi connectivity index (χ1n) is 14.4. The van der Waals surface area contributed by atoms with Crippen LogP contribution in [0.2, 0.25) is 5.02 Å². The molecule has 0 bridgehead atoms. The summed E-state index contributed by atoms with van der Waals surface area (Å²) in [6.45, 7) is 6.24. The zero-order valence-electron chi connectivity index (χ0n) is 25.9. The first-order chi connectivity index (χ1) is 22.4. The van der Waals surface area contributed by atoms with Crippen molar-refractivity contribution in [3.8, 4) is 0 Å². The second-order valence-electron chi connectivity index (χ2n) is 10.8. The zero-order valence-corrected chi connectivity index (χ0v) is 42.6. The van der Waals surface area contributed by atoms with Gasteiger partial charge in [0.15, 0.2) is 12.1 Å². The molecule has 4 saturated heterocycles. The van der Waals surface area contributed by atoms with Gasteiger partial charge in [0.25, 0.3) is 0 Å². The molecule has 2 N–H and O–H groups in total. The number of carboxylic acids is 1. The molecule has 5 rings (SSSR count). The van der Waals surface area contributed by atoms with Crippen LogP contribution in [-0.4, -0.2) is 115 Å². The fraction of sp³-hybridized carbons (Fsp3) is 0.643. The number of ether oxygens (including phenoxy) is 3. The summed E-state index contributed by atoms with van der Waals surface area (Å²) in [5, 5.41) is 13.2. The Morgan fingerprint density at radius 1 is 1.02 bits per heavy atom. The van der Waals surface area contributed by atoms with Gasteiger partial charge in [-0.1, -0.05) is 31.2 Å². The van der Waals surface area contributed by atoms with Crippen molar-refractivity contribution in [2.45, 2.75) is 70.7 Å². The number of amides is 2. The van der Waals surface area contributed by atoms with Gasteiger partial charge in [0, 0.05) is 36.7 Å². The predicted octanol–water partition coefficient (Wildman–Crippen LogP) is 5.63. The molecule has 1 aromatic rings. The van der Waals surface area contributed by atoms with Gasteiger partial charge < -0.3 is 24.6 Å². The SMILES string of the molecule is C.COC(=O)[C@H]1COC(=O)N1C1CCNCC1.Cc1cc(CN2CCC(N3C(=O)OC[C@@H]3C(=O)O)CC2)ccc1Cl.Cl.I[I-]I(I)I(I)I. The van der Waals surface area contributed by atoms with Gasteiger partial charge in [-0.25, -0.2) is 19.2 Å². The van der Waals surface area contributed by atoms with Crippen molar-refractivity contribution in [1.29, 1.82) is 0 Å². The predicted molar refractivity (Wildman–Crippen MR) is 242 cm³/mol. The first-order valence-corrected chi connectivity index (χ1v) is 52.5. The van der Waals surface area contributed by atoms with Crippen LogP contribution in [0.4, 0.5) is 9.59 Å². The van der Waals surface area contributed by atoms with Gasteiger partial charge >= 0.3 is 128 Å². The minimum atomic E-state index is -1.00. The van der Waals surface area contributed by atoms with Crippen LogP contribution in [0.1, 0.15) is 44.2 Å². The van der Waals surface area contributed by atoms with Gasteiger partial charge in [0.05, 0.1) is 7.11 Å². The van der Waals surface area contributed by atoms with Crippen molar-refractivity contribution in [1.82, 2.24) is 20.0 Å². The number of likely N-dealkylation sites (tertiary alicyclic amines) is 1. The van der Waals surface area contributed by atoms with Gasteiger partial charge in [-0.2, -0.15) is 0 Å². The van der Waals surface area contributed by atoms with E-state index in [9.17, 15) is 24.3 Å². The minimum absolute atomic E-state index is 0. The van der Waals surface area contributed by atoms with Crippen molar-refractivity contribution in [2.75, 3.05) is 46.5 Å². The molecular formula is C28H42Cl2I7N4O8-. The van der Waals surface area contributed by atoms with Crippen LogP contribution in [0.25, 0.3) is 0 Å². The van der Waals surface area contributed by atoms with Gasteiger partial charge in [-0.05, 0) is 62.9 Å². The molecule has 2 amide bonds. The number of nitrogens with zero attached hydrogens (tertiary/aromatic N) is 3. The van der Waals surface area contributed by atoms with E-state index in [2.05, 4.69) is 95.5 Å². The van der Waals surface area contributed by atoms with Crippen molar-refractivity contribution in [3.63, 3.8) is 0 Å². The fourth-order valence-electron chi connectivity index (χ4n) is 5.70. The average molecular weight is 1520 g/mol. The van der Waals surface area contributed by atoms with Crippen LogP contribution in [-0.2, 0) is 30.3 Å². The number of carbonyl (C=O) groups excluding carboxylic acids is 3. The number of rotatable bonds is 8. The fourth-order valence-corrected chi connectivity index (χ4v) is 215. The van der Waals surface area contributed by atoms with Crippen molar-refractivity contribution in [3.05, 3.63) is 34.3 Å². The third-order valence-corrected chi connectivity index (χ3v) is 256. The van der Waals surface area contributed by atoms with Crippen molar-refractivity contribution in [2.24, 2.45) is 0 Å². The van der Waals surface area contributed by atoms with Crippen LogP contribution in [0.3, 0.4) is 0 Å². The standard InChI is InChI=1S/C17H21ClN2O4.C10H16N2O4.CH4.ClH.I7/c1-11-8-12(2-3-14(11)18)9-19-6-4-13(5-7-19)20-15(16(21)22)10-24-17(20)23;1-15-9(13)8-6-16-10(14)12(8)7-2-4-11-5-3-7;;;1-5-7(4)6(2)3/h2-3,8,13,15H,4-7,9-10H2,1H3,(H,21,22);7-8,11H,2-6H2,1H3;1H4;1H;/q;;;;-1/t15-;8-;;;/m11.../s1. The summed E-state index contributed by atoms with van der Waals surface area (Å²) in [6, 6.07) is 4.63. The third kappa shape index (κ3) is 15.4. The molecule has 49 heavy (non-hydrogen) atoms. The van der Waals surface area contributed by atoms with Gasteiger partial charge in [-0.3, -0.25) is 14.7 Å². The molecule has 12 nitrogen and oxygen atoms in total. The maximum absolute atomic E-state index is 11.8. The van der Waals surface area contributed by atoms with E-state index in [1.807, 2.05) is 19.1 Å². The summed E-state index contributed by atoms with van der Waals surface area (Å²) in [7, 11) is 0.834. The van der Waals surface area contributed by atoms with E-state index in [1.54, 1.807) is 0 Å². The average Bonchev–Trinajstić information content (AvgIpc) is 3.65. The third-order valence-electron chi connectivity index (χ3n) is 7.98. The summed E-state index contributed by atoms with van der Waals surface area (Å²) >= 11 is 17.5. The molecule has 0 saturated carbocycles. The monoisotopic (exact) mass is 1520 g/mol. The Labute approximate surface area is 355 Å². The van der Waals surface area contributed by atoms with E-state index in [0.717, 1.165) is 69.0 Å². The van der Waals surface area contributed by atoms with Crippen LogP contribution in [0, 0.1) is 6.92 Å². The number of hydrogen-bond acceptors (Lipinski definition) is 9. The number of halogens is 9. The number of methoxy groups -OCH3 is 1. The Morgan fingerprint density at radius 2 is 1.55 bits per heavy atom. The van der Waals surface area contributed by atoms with Crippen molar-refractivity contribution >= 4 is 138 Å². The summed E-state index contributed by atoms with van der Waals surface area (Å²) in [5.74, 6) is -1.40. The maximum atomic E-state index is 11.8. The molecule has 0 spiro atoms. The van der Waals surface area contributed by atoms with Gasteiger partial charge in [-0.15, -0.1) is 12.4 Å². The number of aryl methyl sites for hydroxylation is 1.